The van der Waals surface area contributed by atoms with Gasteiger partial charge in [-0.2, -0.15) is 0 Å². The molecule has 0 spiro atoms. The molecule has 6 aromatic carbocycles. The lowest BCUT2D eigenvalue weighted by molar-refractivity contribution is 1.18. The van der Waals surface area contributed by atoms with Crippen molar-refractivity contribution in [2.75, 3.05) is 0 Å². The number of para-hydroxylation sites is 3. The summed E-state index contributed by atoms with van der Waals surface area (Å²) >= 11 is 0. The minimum atomic E-state index is 0.0394. The first-order valence-electron chi connectivity index (χ1n) is 13.6. The molecular formula is C37H22N2O. The second-order valence-corrected chi connectivity index (χ2v) is 10.5. The van der Waals surface area contributed by atoms with E-state index < -0.39 is 0 Å². The molecule has 0 unspecified atom stereocenters. The number of aromatic nitrogens is 2. The number of rotatable bonds is 2. The molecule has 0 N–H and O–H groups in total. The summed E-state index contributed by atoms with van der Waals surface area (Å²) in [5.41, 5.74) is 7.82. The van der Waals surface area contributed by atoms with E-state index in [2.05, 4.69) is 114 Å². The maximum absolute atomic E-state index is 13.6. The largest absolute Gasteiger partial charge is 0.309 e. The summed E-state index contributed by atoms with van der Waals surface area (Å²) in [6.45, 7) is 0. The van der Waals surface area contributed by atoms with Crippen molar-refractivity contribution in [3.63, 3.8) is 0 Å². The molecule has 0 atom stereocenters. The van der Waals surface area contributed by atoms with E-state index >= 15 is 0 Å². The number of benzene rings is 6. The Bertz CT molecular complexity index is 2440. The Morgan fingerprint density at radius 2 is 0.950 bits per heavy atom. The number of pyridine rings is 1. The van der Waals surface area contributed by atoms with Gasteiger partial charge in [0.2, 0.25) is 0 Å². The first-order valence-corrected chi connectivity index (χ1v) is 13.6. The minimum Gasteiger partial charge on any atom is -0.309 e. The third-order valence-electron chi connectivity index (χ3n) is 8.48. The average molecular weight is 511 g/mol. The zero-order chi connectivity index (χ0) is 26.4. The Balaban J connectivity index is 1.24. The summed E-state index contributed by atoms with van der Waals surface area (Å²) < 4.78 is 4.24. The molecule has 3 heteroatoms. The molecule has 186 valence electrons. The zero-order valence-electron chi connectivity index (χ0n) is 21.5. The van der Waals surface area contributed by atoms with E-state index in [9.17, 15) is 4.79 Å². The van der Waals surface area contributed by atoms with Gasteiger partial charge in [0, 0.05) is 38.0 Å². The van der Waals surface area contributed by atoms with Gasteiger partial charge in [-0.1, -0.05) is 91.0 Å². The Hall–Kier alpha value is -5.41. The van der Waals surface area contributed by atoms with Crippen molar-refractivity contribution in [3.8, 4) is 16.8 Å². The highest BCUT2D eigenvalue weighted by atomic mass is 16.1. The van der Waals surface area contributed by atoms with Crippen LogP contribution < -0.4 is 5.56 Å². The Morgan fingerprint density at radius 3 is 1.65 bits per heavy atom. The van der Waals surface area contributed by atoms with Gasteiger partial charge < -0.3 is 4.57 Å². The van der Waals surface area contributed by atoms with Gasteiger partial charge in [0.15, 0.2) is 0 Å². The van der Waals surface area contributed by atoms with Crippen molar-refractivity contribution in [3.05, 3.63) is 144 Å². The predicted octanol–water partition coefficient (Wildman–Crippen LogP) is 8.96. The first kappa shape index (κ1) is 21.5. The van der Waals surface area contributed by atoms with Crippen LogP contribution in [0.25, 0.3) is 76.6 Å². The van der Waals surface area contributed by atoms with Crippen LogP contribution in [0.3, 0.4) is 0 Å². The van der Waals surface area contributed by atoms with E-state index in [0.29, 0.717) is 0 Å². The van der Waals surface area contributed by atoms with Crippen LogP contribution in [-0.4, -0.2) is 8.97 Å². The van der Waals surface area contributed by atoms with Gasteiger partial charge in [-0.15, -0.1) is 0 Å². The lowest BCUT2D eigenvalue weighted by atomic mass is 10.0. The van der Waals surface area contributed by atoms with Crippen LogP contribution in [0.2, 0.25) is 0 Å². The van der Waals surface area contributed by atoms with Gasteiger partial charge >= 0.3 is 0 Å². The number of fused-ring (bicyclic) bond motifs is 8. The highest BCUT2D eigenvalue weighted by Gasteiger charge is 2.17. The SMILES string of the molecule is O=c1c2ccccc2c2cccc3c4cc(-c5ccc(-n6c7ccccc7c7ccccc76)cc5)ccc4n1c23. The topological polar surface area (TPSA) is 26.4 Å². The van der Waals surface area contributed by atoms with Gasteiger partial charge in [0.25, 0.3) is 5.56 Å². The van der Waals surface area contributed by atoms with Crippen molar-refractivity contribution in [2.24, 2.45) is 0 Å². The zero-order valence-corrected chi connectivity index (χ0v) is 21.5. The molecule has 9 aromatic rings. The highest BCUT2D eigenvalue weighted by molar-refractivity contribution is 6.20. The maximum Gasteiger partial charge on any atom is 0.263 e. The lowest BCUT2D eigenvalue weighted by Crippen LogP contribution is -2.12. The van der Waals surface area contributed by atoms with E-state index in [4.69, 9.17) is 0 Å². The highest BCUT2D eigenvalue weighted by Crippen LogP contribution is 2.37. The third-order valence-corrected chi connectivity index (χ3v) is 8.48. The van der Waals surface area contributed by atoms with Crippen molar-refractivity contribution in [1.29, 1.82) is 0 Å². The monoisotopic (exact) mass is 510 g/mol. The average Bonchev–Trinajstić information content (AvgIpc) is 3.53. The van der Waals surface area contributed by atoms with Gasteiger partial charge in [-0.3, -0.25) is 9.20 Å². The summed E-state index contributed by atoms with van der Waals surface area (Å²) in [5.74, 6) is 0. The Kier molecular flexibility index (Phi) is 4.20. The van der Waals surface area contributed by atoms with Crippen LogP contribution in [0.4, 0.5) is 0 Å². The maximum atomic E-state index is 13.6. The smallest absolute Gasteiger partial charge is 0.263 e. The van der Waals surface area contributed by atoms with Crippen molar-refractivity contribution < 1.29 is 0 Å². The molecule has 9 rings (SSSR count). The van der Waals surface area contributed by atoms with E-state index in [-0.39, 0.29) is 5.56 Å². The van der Waals surface area contributed by atoms with Gasteiger partial charge in [0.05, 0.1) is 22.1 Å². The lowest BCUT2D eigenvalue weighted by Gasteiger charge is -2.09. The molecule has 0 fully saturated rings. The van der Waals surface area contributed by atoms with E-state index in [1.807, 2.05) is 28.7 Å². The van der Waals surface area contributed by atoms with Crippen LogP contribution in [0.15, 0.2) is 138 Å². The summed E-state index contributed by atoms with van der Waals surface area (Å²) in [6.07, 6.45) is 0. The first-order chi connectivity index (χ1) is 19.8. The van der Waals surface area contributed by atoms with Crippen LogP contribution >= 0.6 is 0 Å². The van der Waals surface area contributed by atoms with Gasteiger partial charge in [-0.05, 0) is 59.0 Å². The second kappa shape index (κ2) is 7.81. The third kappa shape index (κ3) is 2.76. The van der Waals surface area contributed by atoms with E-state index in [1.54, 1.807) is 0 Å². The normalized spacial score (nSPS) is 12.1. The molecule has 3 aromatic heterocycles. The molecule has 3 nitrogen and oxygen atoms in total. The van der Waals surface area contributed by atoms with Crippen LogP contribution in [0, 0.1) is 0 Å². The van der Waals surface area contributed by atoms with Crippen LogP contribution in [-0.2, 0) is 0 Å². The standard InChI is InChI=1S/C37H22N2O/c40-37-31-11-2-1-8-26(31)29-12-7-13-30-32-22-24(18-21-35(32)39(37)36(29)30)23-16-19-25(20-17-23)38-33-14-5-3-9-27(33)28-10-4-6-15-34(28)38/h1-22H. The molecule has 0 aliphatic heterocycles. The fourth-order valence-electron chi connectivity index (χ4n) is 6.71. The molecule has 0 aliphatic rings. The Morgan fingerprint density at radius 1 is 0.400 bits per heavy atom. The minimum absolute atomic E-state index is 0.0394. The molecular weight excluding hydrogens is 488 g/mol. The number of hydrogen-bond donors (Lipinski definition) is 0. The van der Waals surface area contributed by atoms with Crippen LogP contribution in [0.1, 0.15) is 0 Å². The fraction of sp³-hybridized carbons (Fsp3) is 0. The van der Waals surface area contributed by atoms with E-state index in [1.165, 1.54) is 21.8 Å². The van der Waals surface area contributed by atoms with E-state index in [0.717, 1.165) is 54.8 Å². The molecule has 0 bridgehead atoms. The molecule has 0 saturated heterocycles. The fourth-order valence-corrected chi connectivity index (χ4v) is 6.71. The summed E-state index contributed by atoms with van der Waals surface area (Å²) in [7, 11) is 0. The quantitative estimate of drug-likeness (QED) is 0.213. The molecule has 3 heterocycles. The molecule has 0 radical (unpaired) electrons. The van der Waals surface area contributed by atoms with Gasteiger partial charge in [0.1, 0.15) is 0 Å². The van der Waals surface area contributed by atoms with Gasteiger partial charge in [-0.25, -0.2) is 0 Å². The molecule has 0 saturated carbocycles. The number of nitrogens with zero attached hydrogens (tertiary/aromatic N) is 2. The van der Waals surface area contributed by atoms with Crippen molar-refractivity contribution >= 4 is 59.8 Å². The summed E-state index contributed by atoms with van der Waals surface area (Å²) in [5, 5.41) is 7.61. The second-order valence-electron chi connectivity index (χ2n) is 10.5. The molecule has 0 amide bonds. The van der Waals surface area contributed by atoms with Crippen LogP contribution in [0.5, 0.6) is 0 Å². The summed E-state index contributed by atoms with van der Waals surface area (Å²) in [6, 6.07) is 46.7. The Labute approximate surface area is 229 Å². The van der Waals surface area contributed by atoms with Crippen molar-refractivity contribution in [1.82, 2.24) is 8.97 Å². The number of hydrogen-bond acceptors (Lipinski definition) is 1. The van der Waals surface area contributed by atoms with Crippen molar-refractivity contribution in [2.45, 2.75) is 0 Å². The predicted molar refractivity (Wildman–Crippen MR) is 167 cm³/mol. The molecule has 0 aliphatic carbocycles. The molecule has 40 heavy (non-hydrogen) atoms. The summed E-state index contributed by atoms with van der Waals surface area (Å²) in [4.78, 5) is 13.6.